The zero-order valence-electron chi connectivity index (χ0n) is 20.8. The number of para-hydroxylation sites is 1. The molecule has 1 amide bonds. The average Bonchev–Trinajstić information content (AvgIpc) is 3.29. The van der Waals surface area contributed by atoms with Gasteiger partial charge in [-0.3, -0.25) is 4.79 Å². The molecule has 37 heavy (non-hydrogen) atoms. The highest BCUT2D eigenvalue weighted by Crippen LogP contribution is 2.35. The lowest BCUT2D eigenvalue weighted by Gasteiger charge is -2.32. The highest BCUT2D eigenvalue weighted by atomic mass is 127. The molecule has 0 bridgehead atoms. The van der Waals surface area contributed by atoms with E-state index in [0.717, 1.165) is 42.1 Å². The van der Waals surface area contributed by atoms with E-state index in [0.29, 0.717) is 23.4 Å². The number of anilines is 1. The lowest BCUT2D eigenvalue weighted by molar-refractivity contribution is -0.127. The minimum atomic E-state index is -0.0776. The average molecular weight is 608 g/mol. The van der Waals surface area contributed by atoms with E-state index >= 15 is 0 Å². The molecule has 1 fully saturated rings. The molecule has 2 aromatic carbocycles. The molecule has 3 heterocycles. The van der Waals surface area contributed by atoms with Crippen LogP contribution in [0.3, 0.4) is 0 Å². The Morgan fingerprint density at radius 1 is 1.11 bits per heavy atom. The molecule has 0 aliphatic carbocycles. The second kappa shape index (κ2) is 10.5. The highest BCUT2D eigenvalue weighted by molar-refractivity contribution is 14.1. The van der Waals surface area contributed by atoms with Gasteiger partial charge in [0.05, 0.1) is 11.4 Å². The number of halogens is 1. The van der Waals surface area contributed by atoms with E-state index in [1.165, 1.54) is 6.33 Å². The third-order valence-electron chi connectivity index (χ3n) is 6.30. The molecular formula is C28H29IN6O2. The Labute approximate surface area is 229 Å². The van der Waals surface area contributed by atoms with Crippen LogP contribution in [0, 0.1) is 0 Å². The maximum Gasteiger partial charge on any atom is 0.246 e. The van der Waals surface area contributed by atoms with E-state index in [9.17, 15) is 4.79 Å². The number of nitrogen functional groups attached to an aromatic ring is 1. The normalized spacial score (nSPS) is 16.4. The van der Waals surface area contributed by atoms with Gasteiger partial charge in [-0.05, 0) is 63.1 Å². The molecule has 1 aliphatic rings. The number of amides is 1. The van der Waals surface area contributed by atoms with E-state index in [4.69, 9.17) is 15.6 Å². The van der Waals surface area contributed by atoms with Gasteiger partial charge in [0.2, 0.25) is 5.91 Å². The summed E-state index contributed by atoms with van der Waals surface area (Å²) in [6, 6.07) is 17.4. The van der Waals surface area contributed by atoms with Crippen LogP contribution in [-0.2, 0) is 4.79 Å². The maximum absolute atomic E-state index is 12.9. The molecule has 0 unspecified atom stereocenters. The lowest BCUT2D eigenvalue weighted by Crippen LogP contribution is -2.40. The van der Waals surface area contributed by atoms with Crippen molar-refractivity contribution in [2.75, 3.05) is 18.8 Å². The summed E-state index contributed by atoms with van der Waals surface area (Å²) in [5, 5.41) is 5.69. The van der Waals surface area contributed by atoms with Gasteiger partial charge in [0.1, 0.15) is 29.3 Å². The van der Waals surface area contributed by atoms with Gasteiger partial charge in [-0.15, -0.1) is 0 Å². The Bertz CT molecular complexity index is 1430. The van der Waals surface area contributed by atoms with Gasteiger partial charge >= 0.3 is 0 Å². The molecule has 0 spiro atoms. The summed E-state index contributed by atoms with van der Waals surface area (Å²) >= 11 is 2.32. The Morgan fingerprint density at radius 2 is 1.84 bits per heavy atom. The Hall–Kier alpha value is -3.47. The lowest BCUT2D eigenvalue weighted by atomic mass is 10.1. The summed E-state index contributed by atoms with van der Waals surface area (Å²) in [7, 11) is 0. The van der Waals surface area contributed by atoms with E-state index in [2.05, 4.69) is 46.4 Å². The number of carbonyl (C=O) groups excluding carboxylic acids is 1. The van der Waals surface area contributed by atoms with Crippen LogP contribution >= 0.6 is 22.6 Å². The third kappa shape index (κ3) is 5.76. The van der Waals surface area contributed by atoms with Gasteiger partial charge in [0.15, 0.2) is 5.65 Å². The first-order valence-corrected chi connectivity index (χ1v) is 13.4. The number of piperidine rings is 1. The standard InChI is InChI=1S/C28H29IN6O2/c1-28(2,29)15-14-23(36)34-16-6-7-20(17-34)35-27-24(26(30)31-18-32-27)25(33-35)19-10-12-22(13-11-19)37-21-8-4-3-5-9-21/h3-5,8-15,18,20H,6-7,16-17H2,1-2H3,(H2,30,31,32)/b15-14+/t20-/m1/s1. The quantitative estimate of drug-likeness (QED) is 0.169. The minimum Gasteiger partial charge on any atom is -0.457 e. The first kappa shape index (κ1) is 25.2. The largest absolute Gasteiger partial charge is 0.457 e. The molecule has 2 N–H and O–H groups in total. The minimum absolute atomic E-state index is 0.00931. The van der Waals surface area contributed by atoms with Crippen molar-refractivity contribution < 1.29 is 9.53 Å². The van der Waals surface area contributed by atoms with Gasteiger partial charge in [0.25, 0.3) is 0 Å². The zero-order valence-corrected chi connectivity index (χ0v) is 23.0. The van der Waals surface area contributed by atoms with Crippen molar-refractivity contribution >= 4 is 45.3 Å². The predicted octanol–water partition coefficient (Wildman–Crippen LogP) is 5.80. The molecule has 0 radical (unpaired) electrons. The number of carbonyl (C=O) groups is 1. The number of ether oxygens (including phenoxy) is 1. The van der Waals surface area contributed by atoms with Crippen LogP contribution in [-0.4, -0.2) is 47.1 Å². The number of likely N-dealkylation sites (tertiary alicyclic amines) is 1. The zero-order chi connectivity index (χ0) is 26.0. The van der Waals surface area contributed by atoms with Gasteiger partial charge in [0, 0.05) is 28.2 Å². The molecule has 1 saturated heterocycles. The predicted molar refractivity (Wildman–Crippen MR) is 154 cm³/mol. The summed E-state index contributed by atoms with van der Waals surface area (Å²) < 4.78 is 7.78. The SMILES string of the molecule is CC(C)(I)/C=C/C(=O)N1CCC[C@@H](n2nc(-c3ccc(Oc4ccccc4)cc3)c3c(N)ncnc32)C1. The first-order valence-electron chi connectivity index (χ1n) is 12.3. The van der Waals surface area contributed by atoms with E-state index in [1.54, 1.807) is 6.08 Å². The Morgan fingerprint density at radius 3 is 2.57 bits per heavy atom. The summed E-state index contributed by atoms with van der Waals surface area (Å²) in [6.07, 6.45) is 6.88. The van der Waals surface area contributed by atoms with Gasteiger partial charge in [-0.2, -0.15) is 5.10 Å². The molecular weight excluding hydrogens is 579 g/mol. The van der Waals surface area contributed by atoms with Crippen LogP contribution in [0.4, 0.5) is 5.82 Å². The number of aromatic nitrogens is 4. The monoisotopic (exact) mass is 608 g/mol. The number of hydrogen-bond donors (Lipinski definition) is 1. The van der Waals surface area contributed by atoms with Gasteiger partial charge < -0.3 is 15.4 Å². The van der Waals surface area contributed by atoms with Crippen LogP contribution in [0.5, 0.6) is 11.5 Å². The van der Waals surface area contributed by atoms with E-state index in [-0.39, 0.29) is 15.4 Å². The smallest absolute Gasteiger partial charge is 0.246 e. The molecule has 1 atom stereocenters. The summed E-state index contributed by atoms with van der Waals surface area (Å²) in [6.45, 7) is 5.43. The van der Waals surface area contributed by atoms with Crippen LogP contribution < -0.4 is 10.5 Å². The van der Waals surface area contributed by atoms with Crippen LogP contribution in [0.15, 0.2) is 73.1 Å². The first-order chi connectivity index (χ1) is 17.8. The molecule has 190 valence electrons. The number of allylic oxidation sites excluding steroid dienone is 1. The molecule has 5 rings (SSSR count). The molecule has 9 heteroatoms. The highest BCUT2D eigenvalue weighted by Gasteiger charge is 2.28. The number of nitrogens with two attached hydrogens (primary N) is 1. The van der Waals surface area contributed by atoms with Crippen molar-refractivity contribution in [1.82, 2.24) is 24.6 Å². The molecule has 0 saturated carbocycles. The number of nitrogens with zero attached hydrogens (tertiary/aromatic N) is 5. The Kier molecular flexibility index (Phi) is 7.14. The number of benzene rings is 2. The van der Waals surface area contributed by atoms with Gasteiger partial charge in [-0.1, -0.05) is 46.9 Å². The second-order valence-corrected chi connectivity index (χ2v) is 12.4. The van der Waals surface area contributed by atoms with Gasteiger partial charge in [-0.25, -0.2) is 14.6 Å². The van der Waals surface area contributed by atoms with Crippen molar-refractivity contribution in [2.45, 2.75) is 36.2 Å². The van der Waals surface area contributed by atoms with E-state index in [1.807, 2.05) is 70.3 Å². The summed E-state index contributed by atoms with van der Waals surface area (Å²) in [4.78, 5) is 23.5. The number of alkyl halides is 1. The topological polar surface area (TPSA) is 99.2 Å². The fourth-order valence-corrected chi connectivity index (χ4v) is 4.67. The number of fused-ring (bicyclic) bond motifs is 1. The molecule has 8 nitrogen and oxygen atoms in total. The fourth-order valence-electron chi connectivity index (χ4n) is 4.49. The van der Waals surface area contributed by atoms with Crippen LogP contribution in [0.2, 0.25) is 0 Å². The van der Waals surface area contributed by atoms with Crippen molar-refractivity contribution in [3.8, 4) is 22.8 Å². The van der Waals surface area contributed by atoms with Crippen molar-refractivity contribution in [2.24, 2.45) is 0 Å². The number of rotatable bonds is 6. The third-order valence-corrected chi connectivity index (χ3v) is 6.66. The van der Waals surface area contributed by atoms with Crippen molar-refractivity contribution in [3.63, 3.8) is 0 Å². The second-order valence-electron chi connectivity index (χ2n) is 9.67. The summed E-state index contributed by atoms with van der Waals surface area (Å²) in [5.74, 6) is 1.91. The molecule has 4 aromatic rings. The van der Waals surface area contributed by atoms with Crippen LogP contribution in [0.25, 0.3) is 22.3 Å². The van der Waals surface area contributed by atoms with E-state index < -0.39 is 0 Å². The van der Waals surface area contributed by atoms with Crippen molar-refractivity contribution in [1.29, 1.82) is 0 Å². The molecule has 2 aromatic heterocycles. The van der Waals surface area contributed by atoms with Crippen LogP contribution in [0.1, 0.15) is 32.7 Å². The Balaban J connectivity index is 1.44. The summed E-state index contributed by atoms with van der Waals surface area (Å²) in [5.41, 5.74) is 8.61. The maximum atomic E-state index is 12.9. The molecule has 1 aliphatic heterocycles. The fraction of sp³-hybridized carbons (Fsp3) is 0.286. The van der Waals surface area contributed by atoms with Crippen molar-refractivity contribution in [3.05, 3.63) is 73.1 Å². The number of hydrogen-bond acceptors (Lipinski definition) is 6.